The zero-order valence-corrected chi connectivity index (χ0v) is 21.1. The summed E-state index contributed by atoms with van der Waals surface area (Å²) in [4.78, 5) is 58.2. The maximum Gasteiger partial charge on any atom is 0.322 e. The summed E-state index contributed by atoms with van der Waals surface area (Å²) in [5.74, 6) is -1.03. The van der Waals surface area contributed by atoms with Gasteiger partial charge in [-0.05, 0) is 65.9 Å². The van der Waals surface area contributed by atoms with Crippen molar-refractivity contribution in [1.29, 1.82) is 0 Å². The van der Waals surface area contributed by atoms with E-state index in [1.807, 2.05) is 18.2 Å². The predicted molar refractivity (Wildman–Crippen MR) is 139 cm³/mol. The van der Waals surface area contributed by atoms with Gasteiger partial charge in [0.15, 0.2) is 0 Å². The lowest BCUT2D eigenvalue weighted by Gasteiger charge is -2.30. The van der Waals surface area contributed by atoms with E-state index in [1.165, 1.54) is 12.1 Å². The van der Waals surface area contributed by atoms with Crippen molar-refractivity contribution >= 4 is 23.8 Å². The minimum absolute atomic E-state index is 0.121. The number of carbonyl (C=O) groups excluding carboxylic acids is 4. The zero-order valence-electron chi connectivity index (χ0n) is 21.1. The van der Waals surface area contributed by atoms with E-state index in [4.69, 9.17) is 0 Å². The molecule has 1 atom stereocenters. The van der Waals surface area contributed by atoms with Crippen molar-refractivity contribution in [3.05, 3.63) is 88.9 Å². The first-order valence-electron chi connectivity index (χ1n) is 12.8. The summed E-state index contributed by atoms with van der Waals surface area (Å²) in [5.41, 5.74) is 3.51. The lowest BCUT2D eigenvalue weighted by atomic mass is 9.95. The van der Waals surface area contributed by atoms with Crippen LogP contribution in [-0.4, -0.2) is 63.7 Å². The van der Waals surface area contributed by atoms with Crippen LogP contribution in [0.1, 0.15) is 33.5 Å². The number of imide groups is 1. The van der Waals surface area contributed by atoms with E-state index in [0.717, 1.165) is 16.7 Å². The number of amides is 5. The second-order valence-corrected chi connectivity index (χ2v) is 10.2. The predicted octanol–water partition coefficient (Wildman–Crippen LogP) is 2.44. The molecule has 0 saturated carbocycles. The normalized spacial score (nSPS) is 20.1. The molecule has 5 amide bonds. The van der Waals surface area contributed by atoms with Crippen LogP contribution >= 0.6 is 0 Å². The molecule has 4 heterocycles. The Morgan fingerprint density at radius 1 is 1.00 bits per heavy atom. The molecule has 2 fully saturated rings. The first kappa shape index (κ1) is 24.7. The number of nitrogens with one attached hydrogen (secondary N) is 2. The van der Waals surface area contributed by atoms with Crippen molar-refractivity contribution in [2.75, 3.05) is 19.6 Å². The minimum atomic E-state index is -1.04. The number of likely N-dealkylation sites (tertiary alicyclic amines) is 1. The number of halogens is 1. The maximum absolute atomic E-state index is 13.6. The average molecular weight is 528 g/mol. The number of fused-ring (bicyclic) bond motifs is 1. The van der Waals surface area contributed by atoms with E-state index in [0.29, 0.717) is 49.3 Å². The van der Waals surface area contributed by atoms with Crippen molar-refractivity contribution in [3.8, 4) is 11.3 Å². The first-order valence-corrected chi connectivity index (χ1v) is 12.8. The second kappa shape index (κ2) is 9.61. The highest BCUT2D eigenvalue weighted by molar-refractivity contribution is 6.07. The molecule has 3 aliphatic rings. The molecule has 2 saturated heterocycles. The van der Waals surface area contributed by atoms with Gasteiger partial charge in [-0.15, -0.1) is 0 Å². The Bertz CT molecular complexity index is 1510. The smallest absolute Gasteiger partial charge is 0.322 e. The van der Waals surface area contributed by atoms with Gasteiger partial charge in [0, 0.05) is 31.4 Å². The van der Waals surface area contributed by atoms with Crippen LogP contribution in [0.4, 0.5) is 9.18 Å². The summed E-state index contributed by atoms with van der Waals surface area (Å²) in [6, 6.07) is 14.7. The third-order valence-corrected chi connectivity index (χ3v) is 7.72. The van der Waals surface area contributed by atoms with E-state index in [1.54, 1.807) is 40.3 Å². The van der Waals surface area contributed by atoms with E-state index >= 15 is 0 Å². The van der Waals surface area contributed by atoms with Gasteiger partial charge in [-0.1, -0.05) is 18.2 Å². The summed E-state index contributed by atoms with van der Waals surface area (Å²) >= 11 is 0. The molecule has 6 rings (SSSR count). The van der Waals surface area contributed by atoms with Gasteiger partial charge >= 0.3 is 6.03 Å². The third-order valence-electron chi connectivity index (χ3n) is 7.72. The molecular weight excluding hydrogens is 501 g/mol. The average Bonchev–Trinajstić information content (AvgIpc) is 3.50. The Morgan fingerprint density at radius 3 is 2.59 bits per heavy atom. The quantitative estimate of drug-likeness (QED) is 0.507. The van der Waals surface area contributed by atoms with Gasteiger partial charge in [0.2, 0.25) is 5.91 Å². The van der Waals surface area contributed by atoms with Crippen LogP contribution in [0.2, 0.25) is 0 Å². The number of carbonyl (C=O) groups is 4. The van der Waals surface area contributed by atoms with Gasteiger partial charge in [0.05, 0.1) is 24.2 Å². The fourth-order valence-corrected chi connectivity index (χ4v) is 5.60. The van der Waals surface area contributed by atoms with Gasteiger partial charge in [0.1, 0.15) is 11.4 Å². The van der Waals surface area contributed by atoms with E-state index in [-0.39, 0.29) is 30.6 Å². The molecule has 1 aromatic heterocycles. The number of hydrogen-bond donors (Lipinski definition) is 2. The molecule has 9 nitrogen and oxygen atoms in total. The van der Waals surface area contributed by atoms with Gasteiger partial charge in [-0.25, -0.2) is 9.18 Å². The molecule has 2 aromatic carbocycles. The Morgan fingerprint density at radius 2 is 1.82 bits per heavy atom. The van der Waals surface area contributed by atoms with Crippen molar-refractivity contribution in [3.63, 3.8) is 0 Å². The van der Waals surface area contributed by atoms with Gasteiger partial charge in [0.25, 0.3) is 11.8 Å². The number of pyridine rings is 1. The fourth-order valence-electron chi connectivity index (χ4n) is 5.60. The number of hydrogen-bond acceptors (Lipinski definition) is 5. The topological polar surface area (TPSA) is 112 Å². The molecule has 10 heteroatoms. The largest absolute Gasteiger partial charge is 0.339 e. The molecule has 3 aromatic rings. The Labute approximate surface area is 224 Å². The van der Waals surface area contributed by atoms with Crippen molar-refractivity contribution in [1.82, 2.24) is 25.4 Å². The lowest BCUT2D eigenvalue weighted by Crippen LogP contribution is -2.49. The second-order valence-electron chi connectivity index (χ2n) is 10.2. The Balaban J connectivity index is 1.16. The molecule has 3 aliphatic heterocycles. The van der Waals surface area contributed by atoms with Crippen LogP contribution in [-0.2, 0) is 29.0 Å². The third kappa shape index (κ3) is 4.62. The van der Waals surface area contributed by atoms with Gasteiger partial charge in [-0.2, -0.15) is 0 Å². The van der Waals surface area contributed by atoms with Crippen LogP contribution in [0.15, 0.2) is 60.8 Å². The van der Waals surface area contributed by atoms with Crippen molar-refractivity contribution in [2.45, 2.75) is 31.3 Å². The number of rotatable bonds is 4. The maximum atomic E-state index is 13.6. The molecule has 2 N–H and O–H groups in total. The van der Waals surface area contributed by atoms with Crippen LogP contribution in [0.25, 0.3) is 11.3 Å². The molecule has 0 aliphatic carbocycles. The van der Waals surface area contributed by atoms with Crippen LogP contribution in [0, 0.1) is 5.82 Å². The number of aromatic nitrogens is 1. The van der Waals surface area contributed by atoms with Crippen LogP contribution < -0.4 is 10.6 Å². The zero-order chi connectivity index (χ0) is 27.1. The highest BCUT2D eigenvalue weighted by Gasteiger charge is 2.51. The van der Waals surface area contributed by atoms with E-state index < -0.39 is 17.5 Å². The Kier molecular flexibility index (Phi) is 6.09. The summed E-state index contributed by atoms with van der Waals surface area (Å²) in [5, 5.41) is 4.92. The molecule has 1 unspecified atom stereocenters. The standard InChI is InChI=1S/C29H26FN5O4/c30-22-7-5-20(6-8-22)25-23(2-1-11-31-25)26(37)34-12-9-19-4-3-18(14-21(19)16-34)15-24(36)35-13-10-29(17-35)27(38)32-28(39)33-29/h1-8,11,14H,9-10,12-13,15-17H2,(H2,32,33,38,39). The molecule has 0 bridgehead atoms. The molecular formula is C29H26FN5O4. The van der Waals surface area contributed by atoms with Crippen molar-refractivity contribution < 1.29 is 23.6 Å². The van der Waals surface area contributed by atoms with Crippen LogP contribution in [0.3, 0.4) is 0 Å². The van der Waals surface area contributed by atoms with E-state index in [9.17, 15) is 23.6 Å². The SMILES string of the molecule is O=C1NC(=O)C2(CCN(C(=O)Cc3ccc4c(c3)CN(C(=O)c3cccnc3-c3ccc(F)cc3)CC4)C2)N1. The van der Waals surface area contributed by atoms with E-state index in [2.05, 4.69) is 15.6 Å². The van der Waals surface area contributed by atoms with Gasteiger partial charge < -0.3 is 15.1 Å². The summed E-state index contributed by atoms with van der Waals surface area (Å²) < 4.78 is 13.4. The number of nitrogens with zero attached hydrogens (tertiary/aromatic N) is 3. The number of urea groups is 1. The van der Waals surface area contributed by atoms with Crippen LogP contribution in [0.5, 0.6) is 0 Å². The summed E-state index contributed by atoms with van der Waals surface area (Å²) in [6.45, 7) is 1.48. The summed E-state index contributed by atoms with van der Waals surface area (Å²) in [7, 11) is 0. The number of benzene rings is 2. The first-order chi connectivity index (χ1) is 18.8. The summed E-state index contributed by atoms with van der Waals surface area (Å²) in [6.07, 6.45) is 2.83. The Hall–Kier alpha value is -4.60. The molecule has 39 heavy (non-hydrogen) atoms. The molecule has 1 spiro atoms. The monoisotopic (exact) mass is 527 g/mol. The molecule has 0 radical (unpaired) electrons. The molecule has 198 valence electrons. The van der Waals surface area contributed by atoms with Gasteiger partial charge in [-0.3, -0.25) is 24.7 Å². The van der Waals surface area contributed by atoms with Crippen molar-refractivity contribution in [2.24, 2.45) is 0 Å². The highest BCUT2D eigenvalue weighted by atomic mass is 19.1. The lowest BCUT2D eigenvalue weighted by molar-refractivity contribution is -0.130. The minimum Gasteiger partial charge on any atom is -0.339 e. The fraction of sp³-hybridized carbons (Fsp3) is 0.276. The highest BCUT2D eigenvalue weighted by Crippen LogP contribution is 2.28.